The van der Waals surface area contributed by atoms with Gasteiger partial charge in [0.2, 0.25) is 0 Å². The van der Waals surface area contributed by atoms with Gasteiger partial charge in [-0.3, -0.25) is 4.79 Å². The maximum atomic E-state index is 12.5. The van der Waals surface area contributed by atoms with Crippen LogP contribution in [0.5, 0.6) is 0 Å². The number of aromatic amines is 1. The minimum absolute atomic E-state index is 0.0351. The van der Waals surface area contributed by atoms with Gasteiger partial charge in [0.15, 0.2) is 0 Å². The van der Waals surface area contributed by atoms with E-state index in [1.165, 1.54) is 0 Å². The van der Waals surface area contributed by atoms with Gasteiger partial charge in [-0.2, -0.15) is 5.26 Å². The van der Waals surface area contributed by atoms with Crippen molar-refractivity contribution in [3.05, 3.63) is 64.0 Å². The van der Waals surface area contributed by atoms with Crippen LogP contribution in [0.4, 0.5) is 5.69 Å². The van der Waals surface area contributed by atoms with Gasteiger partial charge in [-0.15, -0.1) is 11.3 Å². The van der Waals surface area contributed by atoms with Crippen LogP contribution >= 0.6 is 11.3 Å². The first-order chi connectivity index (χ1) is 13.1. The Labute approximate surface area is 161 Å². The molecule has 3 aromatic rings. The van der Waals surface area contributed by atoms with Crippen LogP contribution < -0.4 is 4.90 Å². The number of anilines is 1. The molecule has 1 aliphatic heterocycles. The summed E-state index contributed by atoms with van der Waals surface area (Å²) in [6, 6.07) is 15.8. The molecule has 2 aromatic heterocycles. The fraction of sp³-hybridized carbons (Fsp3) is 0.238. The summed E-state index contributed by atoms with van der Waals surface area (Å²) in [5, 5.41) is 11.1. The molecule has 1 N–H and O–H groups in total. The van der Waals surface area contributed by atoms with Crippen LogP contribution in [0.1, 0.15) is 29.5 Å². The molecule has 1 atom stereocenters. The number of thiophene rings is 1. The number of nitrogens with zero attached hydrogens (tertiary/aromatic N) is 2. The van der Waals surface area contributed by atoms with E-state index in [0.29, 0.717) is 12.1 Å². The molecule has 0 spiro atoms. The van der Waals surface area contributed by atoms with Crippen molar-refractivity contribution >= 4 is 22.9 Å². The molecule has 0 bridgehead atoms. The molecule has 27 heavy (non-hydrogen) atoms. The fourth-order valence-corrected chi connectivity index (χ4v) is 4.59. The number of nitrogens with one attached hydrogen (secondary N) is 1. The monoisotopic (exact) mass is 377 g/mol. The van der Waals surface area contributed by atoms with Crippen molar-refractivity contribution in [2.45, 2.75) is 18.9 Å². The van der Waals surface area contributed by atoms with Gasteiger partial charge in [0.1, 0.15) is 24.0 Å². The highest BCUT2D eigenvalue weighted by Crippen LogP contribution is 2.46. The zero-order valence-electron chi connectivity index (χ0n) is 15.2. The number of aromatic nitrogens is 1. The SMILES string of the molecule is CCC1(c2cccs2)OCC(=O)N(C)c2ccc(-c3ccc(C#N)[nH]3)cc21. The molecule has 136 valence electrons. The van der Waals surface area contributed by atoms with Gasteiger partial charge in [0.25, 0.3) is 5.91 Å². The van der Waals surface area contributed by atoms with Crippen molar-refractivity contribution in [1.29, 1.82) is 5.26 Å². The van der Waals surface area contributed by atoms with E-state index in [1.807, 2.05) is 29.6 Å². The number of carbonyl (C=O) groups is 1. The number of amides is 1. The standard InChI is InChI=1S/C21H19N3O2S/c1-3-21(19-5-4-10-27-19)16-11-14(17-8-7-15(12-22)23-17)6-9-18(16)24(2)20(25)13-26-21/h4-11,23H,3,13H2,1-2H3. The van der Waals surface area contributed by atoms with Crippen molar-refractivity contribution in [3.8, 4) is 17.3 Å². The van der Waals surface area contributed by atoms with E-state index in [4.69, 9.17) is 10.00 Å². The Kier molecular flexibility index (Phi) is 4.34. The molecule has 1 aromatic carbocycles. The summed E-state index contributed by atoms with van der Waals surface area (Å²) >= 11 is 1.63. The highest BCUT2D eigenvalue weighted by molar-refractivity contribution is 7.10. The first kappa shape index (κ1) is 17.5. The third-order valence-corrected chi connectivity index (χ3v) is 6.16. The number of carbonyl (C=O) groups excluding carboxylic acids is 1. The van der Waals surface area contributed by atoms with Crippen molar-refractivity contribution in [3.63, 3.8) is 0 Å². The third kappa shape index (κ3) is 2.76. The zero-order valence-corrected chi connectivity index (χ0v) is 16.0. The molecule has 0 saturated carbocycles. The Morgan fingerprint density at radius 2 is 2.19 bits per heavy atom. The van der Waals surface area contributed by atoms with Gasteiger partial charge in [0, 0.05) is 28.9 Å². The van der Waals surface area contributed by atoms with E-state index < -0.39 is 5.60 Å². The summed E-state index contributed by atoms with van der Waals surface area (Å²) in [4.78, 5) is 18.4. The second-order valence-electron chi connectivity index (χ2n) is 6.53. The molecule has 5 nitrogen and oxygen atoms in total. The molecule has 1 amide bonds. The van der Waals surface area contributed by atoms with E-state index in [0.717, 1.165) is 27.4 Å². The van der Waals surface area contributed by atoms with Crippen LogP contribution in [0.3, 0.4) is 0 Å². The number of fused-ring (bicyclic) bond motifs is 1. The number of hydrogen-bond acceptors (Lipinski definition) is 4. The number of ether oxygens (including phenoxy) is 1. The topological polar surface area (TPSA) is 69.1 Å². The number of nitriles is 1. The maximum Gasteiger partial charge on any atom is 0.252 e. The average Bonchev–Trinajstić information content (AvgIpc) is 3.38. The molecular formula is C21H19N3O2S. The lowest BCUT2D eigenvalue weighted by atomic mass is 9.86. The summed E-state index contributed by atoms with van der Waals surface area (Å²) in [6.07, 6.45) is 0.708. The quantitative estimate of drug-likeness (QED) is 0.741. The lowest BCUT2D eigenvalue weighted by molar-refractivity contribution is -0.127. The summed E-state index contributed by atoms with van der Waals surface area (Å²) in [5.41, 5.74) is 3.48. The smallest absolute Gasteiger partial charge is 0.252 e. The largest absolute Gasteiger partial charge is 0.355 e. The van der Waals surface area contributed by atoms with Gasteiger partial charge >= 0.3 is 0 Å². The summed E-state index contributed by atoms with van der Waals surface area (Å²) in [5.74, 6) is -0.0671. The van der Waals surface area contributed by atoms with Gasteiger partial charge < -0.3 is 14.6 Å². The Morgan fingerprint density at radius 3 is 2.85 bits per heavy atom. The molecule has 0 aliphatic carbocycles. The molecule has 3 heterocycles. The number of H-pyrrole nitrogens is 1. The van der Waals surface area contributed by atoms with E-state index in [-0.39, 0.29) is 12.5 Å². The van der Waals surface area contributed by atoms with Crippen molar-refractivity contribution in [1.82, 2.24) is 4.98 Å². The molecule has 4 rings (SSSR count). The fourth-order valence-electron chi connectivity index (χ4n) is 3.62. The predicted molar refractivity (Wildman–Crippen MR) is 106 cm³/mol. The van der Waals surface area contributed by atoms with Gasteiger partial charge in [0.05, 0.1) is 0 Å². The summed E-state index contributed by atoms with van der Waals surface area (Å²) in [7, 11) is 1.78. The molecule has 1 unspecified atom stereocenters. The van der Waals surface area contributed by atoms with Crippen LogP contribution in [0.2, 0.25) is 0 Å². The minimum Gasteiger partial charge on any atom is -0.355 e. The summed E-state index contributed by atoms with van der Waals surface area (Å²) < 4.78 is 6.27. The Morgan fingerprint density at radius 1 is 1.33 bits per heavy atom. The first-order valence-corrected chi connectivity index (χ1v) is 9.65. The van der Waals surface area contributed by atoms with Crippen molar-refractivity contribution in [2.24, 2.45) is 0 Å². The Balaban J connectivity index is 1.95. The van der Waals surface area contributed by atoms with Crippen molar-refractivity contribution in [2.75, 3.05) is 18.6 Å². The van der Waals surface area contributed by atoms with E-state index >= 15 is 0 Å². The lowest BCUT2D eigenvalue weighted by Gasteiger charge is -2.32. The van der Waals surface area contributed by atoms with Crippen LogP contribution in [0, 0.1) is 11.3 Å². The van der Waals surface area contributed by atoms with Crippen LogP contribution in [-0.4, -0.2) is 24.5 Å². The zero-order chi connectivity index (χ0) is 19.0. The second kappa shape index (κ2) is 6.69. The highest BCUT2D eigenvalue weighted by atomic mass is 32.1. The maximum absolute atomic E-state index is 12.5. The van der Waals surface area contributed by atoms with Gasteiger partial charge in [-0.05, 0) is 47.7 Å². The van der Waals surface area contributed by atoms with Crippen LogP contribution in [-0.2, 0) is 15.1 Å². The third-order valence-electron chi connectivity index (χ3n) is 5.14. The van der Waals surface area contributed by atoms with E-state index in [9.17, 15) is 4.79 Å². The molecule has 6 heteroatoms. The predicted octanol–water partition coefficient (Wildman–Crippen LogP) is 4.26. The number of benzene rings is 1. The Bertz CT molecular complexity index is 1030. The van der Waals surface area contributed by atoms with E-state index in [1.54, 1.807) is 29.4 Å². The first-order valence-electron chi connectivity index (χ1n) is 8.77. The van der Waals surface area contributed by atoms with Gasteiger partial charge in [-0.1, -0.05) is 19.1 Å². The van der Waals surface area contributed by atoms with E-state index in [2.05, 4.69) is 30.1 Å². The molecular weight excluding hydrogens is 358 g/mol. The lowest BCUT2D eigenvalue weighted by Crippen LogP contribution is -2.31. The second-order valence-corrected chi connectivity index (χ2v) is 7.48. The normalized spacial score (nSPS) is 19.4. The molecule has 0 fully saturated rings. The molecule has 0 saturated heterocycles. The van der Waals surface area contributed by atoms with Crippen LogP contribution in [0.15, 0.2) is 47.8 Å². The summed E-state index contributed by atoms with van der Waals surface area (Å²) in [6.45, 7) is 2.11. The number of hydrogen-bond donors (Lipinski definition) is 1. The Hall–Kier alpha value is -2.88. The van der Waals surface area contributed by atoms with Crippen LogP contribution in [0.25, 0.3) is 11.3 Å². The van der Waals surface area contributed by atoms with Crippen molar-refractivity contribution < 1.29 is 9.53 Å². The minimum atomic E-state index is -0.676. The molecule has 1 aliphatic rings. The average molecular weight is 377 g/mol. The number of likely N-dealkylation sites (N-methyl/N-ethyl adjacent to an activating group) is 1. The number of rotatable bonds is 3. The van der Waals surface area contributed by atoms with Gasteiger partial charge in [-0.25, -0.2) is 0 Å². The molecule has 0 radical (unpaired) electrons. The highest BCUT2D eigenvalue weighted by Gasteiger charge is 2.41.